The summed E-state index contributed by atoms with van der Waals surface area (Å²) in [5, 5.41) is 47.1. The fourth-order valence-corrected chi connectivity index (χ4v) is 9.03. The summed E-state index contributed by atoms with van der Waals surface area (Å²) in [6, 6.07) is -0.812. The van der Waals surface area contributed by atoms with E-state index in [1.54, 1.807) is 34.6 Å². The highest BCUT2D eigenvalue weighted by molar-refractivity contribution is 5.73. The van der Waals surface area contributed by atoms with Crippen molar-refractivity contribution in [2.45, 2.75) is 185 Å². The van der Waals surface area contributed by atoms with E-state index in [0.717, 1.165) is 0 Å². The summed E-state index contributed by atoms with van der Waals surface area (Å²) in [5.74, 6) is -2.69. The molecule has 54 heavy (non-hydrogen) atoms. The molecule has 3 rings (SSSR count). The Morgan fingerprint density at radius 1 is 0.981 bits per heavy atom. The van der Waals surface area contributed by atoms with Crippen molar-refractivity contribution in [3.63, 3.8) is 0 Å². The normalized spacial score (nSPS) is 48.1. The molecule has 316 valence electrons. The fourth-order valence-electron chi connectivity index (χ4n) is 9.03. The van der Waals surface area contributed by atoms with Crippen molar-refractivity contribution in [3.05, 3.63) is 0 Å². The van der Waals surface area contributed by atoms with Gasteiger partial charge in [0, 0.05) is 38.1 Å². The van der Waals surface area contributed by atoms with Crippen LogP contribution in [0, 0.1) is 17.8 Å². The Kier molecular flexibility index (Phi) is 16.4. The Hall–Kier alpha value is -1.50. The number of aliphatic hydroxyl groups excluding tert-OH is 2. The lowest BCUT2D eigenvalue weighted by Gasteiger charge is -2.48. The van der Waals surface area contributed by atoms with Gasteiger partial charge in [0.25, 0.3) is 6.47 Å². The van der Waals surface area contributed by atoms with E-state index in [9.17, 15) is 30.0 Å². The molecule has 0 spiro atoms. The van der Waals surface area contributed by atoms with Crippen LogP contribution < -0.4 is 0 Å². The molecule has 3 heterocycles. The lowest BCUT2D eigenvalue weighted by Crippen LogP contribution is -2.60. The second-order valence-corrected chi connectivity index (χ2v) is 17.4. The van der Waals surface area contributed by atoms with Crippen LogP contribution in [0.25, 0.3) is 0 Å². The zero-order valence-electron chi connectivity index (χ0n) is 35.1. The molecule has 4 N–H and O–H groups in total. The molecule has 0 radical (unpaired) electrons. The topological polar surface area (TPSA) is 186 Å². The third kappa shape index (κ3) is 10.5. The zero-order valence-corrected chi connectivity index (χ0v) is 35.1. The second-order valence-electron chi connectivity index (χ2n) is 17.4. The molecular weight excluding hydrogens is 704 g/mol. The van der Waals surface area contributed by atoms with E-state index in [1.807, 2.05) is 58.6 Å². The van der Waals surface area contributed by atoms with Crippen molar-refractivity contribution in [3.8, 4) is 0 Å². The van der Waals surface area contributed by atoms with Gasteiger partial charge in [0.05, 0.1) is 41.5 Å². The molecule has 15 heteroatoms. The Morgan fingerprint density at radius 2 is 1.61 bits per heavy atom. The summed E-state index contributed by atoms with van der Waals surface area (Å²) >= 11 is 0. The van der Waals surface area contributed by atoms with E-state index in [1.165, 1.54) is 14.0 Å². The van der Waals surface area contributed by atoms with Gasteiger partial charge < -0.3 is 58.5 Å². The summed E-state index contributed by atoms with van der Waals surface area (Å²) in [7, 11) is 7.10. The van der Waals surface area contributed by atoms with Gasteiger partial charge in [-0.15, -0.1) is 0 Å². The van der Waals surface area contributed by atoms with E-state index >= 15 is 0 Å². The SMILES string of the molecule is CC[C@H]1OC(=O)[C@H](C)[C@@H](O[C@H]2C[C@@](C)(OC)[C@@H](O)[C@H](C)O2)[C@H](C)[C@@H](O[C@@H]2O[C@H](C)C[C@H](N(C)C)[C@H]2O)[C@](C)(O)C[C@@H](C)CN(C)[C@H](C)[C@@H](OC=O)[C@]1(C)O. The molecule has 0 aromatic rings. The van der Waals surface area contributed by atoms with Crippen molar-refractivity contribution >= 4 is 12.4 Å². The summed E-state index contributed by atoms with van der Waals surface area (Å²) < 4.78 is 43.2. The predicted molar refractivity (Wildman–Crippen MR) is 199 cm³/mol. The second kappa shape index (κ2) is 18.8. The first kappa shape index (κ1) is 46.9. The molecule has 3 aliphatic heterocycles. The smallest absolute Gasteiger partial charge is 0.311 e. The van der Waals surface area contributed by atoms with E-state index in [0.29, 0.717) is 13.0 Å². The van der Waals surface area contributed by atoms with Gasteiger partial charge in [0.2, 0.25) is 0 Å². The number of methoxy groups -OCH3 is 1. The average molecular weight is 777 g/mol. The Morgan fingerprint density at radius 3 is 2.17 bits per heavy atom. The highest BCUT2D eigenvalue weighted by Gasteiger charge is 2.53. The summed E-state index contributed by atoms with van der Waals surface area (Å²) in [5.41, 5.74) is -4.42. The van der Waals surface area contributed by atoms with E-state index < -0.39 is 96.0 Å². The molecule has 3 saturated heterocycles. The first-order valence-electron chi connectivity index (χ1n) is 19.6. The van der Waals surface area contributed by atoms with Crippen molar-refractivity contribution < 1.29 is 63.2 Å². The highest BCUT2D eigenvalue weighted by Crippen LogP contribution is 2.40. The average Bonchev–Trinajstić information content (AvgIpc) is 3.08. The van der Waals surface area contributed by atoms with Crippen LogP contribution in [0.4, 0.5) is 0 Å². The van der Waals surface area contributed by atoms with Crippen LogP contribution in [-0.4, -0.2) is 168 Å². The number of likely N-dealkylation sites (N-methyl/N-ethyl adjacent to an activating group) is 2. The number of esters is 1. The molecule has 18 atom stereocenters. The van der Waals surface area contributed by atoms with Crippen LogP contribution in [0.1, 0.15) is 94.9 Å². The minimum atomic E-state index is -1.80. The number of hydrogen-bond acceptors (Lipinski definition) is 15. The van der Waals surface area contributed by atoms with Crippen LogP contribution in [0.5, 0.6) is 0 Å². The maximum absolute atomic E-state index is 14.3. The molecule has 0 unspecified atom stereocenters. The first-order valence-corrected chi connectivity index (χ1v) is 19.6. The minimum Gasteiger partial charge on any atom is -0.460 e. The van der Waals surface area contributed by atoms with Crippen LogP contribution >= 0.6 is 0 Å². The maximum Gasteiger partial charge on any atom is 0.311 e. The number of ether oxygens (including phenoxy) is 7. The van der Waals surface area contributed by atoms with Gasteiger partial charge in [-0.2, -0.15) is 0 Å². The summed E-state index contributed by atoms with van der Waals surface area (Å²) in [6.07, 6.45) is -8.24. The third-order valence-corrected chi connectivity index (χ3v) is 12.4. The predicted octanol–water partition coefficient (Wildman–Crippen LogP) is 2.08. The fraction of sp³-hybridized carbons (Fsp3) is 0.949. The van der Waals surface area contributed by atoms with Crippen molar-refractivity contribution in [1.29, 1.82) is 0 Å². The van der Waals surface area contributed by atoms with Gasteiger partial charge in [-0.3, -0.25) is 14.5 Å². The highest BCUT2D eigenvalue weighted by atomic mass is 16.7. The summed E-state index contributed by atoms with van der Waals surface area (Å²) in [4.78, 5) is 30.0. The van der Waals surface area contributed by atoms with Crippen LogP contribution in [0.15, 0.2) is 0 Å². The van der Waals surface area contributed by atoms with Gasteiger partial charge in [-0.1, -0.05) is 20.8 Å². The molecule has 0 bridgehead atoms. The molecule has 3 fully saturated rings. The molecule has 0 amide bonds. The first-order chi connectivity index (χ1) is 24.9. The number of nitrogens with zero attached hydrogens (tertiary/aromatic N) is 2. The van der Waals surface area contributed by atoms with E-state index in [4.69, 9.17) is 33.2 Å². The number of aliphatic hydroxyl groups is 4. The monoisotopic (exact) mass is 777 g/mol. The lowest BCUT2D eigenvalue weighted by molar-refractivity contribution is -0.318. The van der Waals surface area contributed by atoms with Gasteiger partial charge >= 0.3 is 5.97 Å². The standard InChI is InChI=1S/C39H72N2O13/c1-15-28-39(10,47)34(49-20-42)25(6)41(13)19-21(2)17-37(8,46)33(54-36-30(43)27(40(11)12)16-22(3)50-36)23(4)31(24(5)35(45)52-28)53-29-18-38(9,48-14)32(44)26(7)51-29/h20-34,36,43-44,46-47H,15-19H2,1-14H3/t21-,22-,23+,24-,25-,26+,27+,28-,29+,30-,31+,32+,33-,34-,36+,37-,38-,39-/m1/s1. The number of carbonyl (C=O) groups is 2. The van der Waals surface area contributed by atoms with E-state index in [2.05, 4.69) is 0 Å². The van der Waals surface area contributed by atoms with Crippen LogP contribution in [0.3, 0.4) is 0 Å². The van der Waals surface area contributed by atoms with Gasteiger partial charge in [0.1, 0.15) is 30.0 Å². The van der Waals surface area contributed by atoms with Gasteiger partial charge in [-0.25, -0.2) is 0 Å². The number of hydrogen-bond donors (Lipinski definition) is 4. The van der Waals surface area contributed by atoms with Gasteiger partial charge in [-0.05, 0) is 94.8 Å². The largest absolute Gasteiger partial charge is 0.460 e. The Balaban J connectivity index is 2.20. The number of carbonyl (C=O) groups excluding carboxylic acids is 2. The molecule has 0 aliphatic carbocycles. The van der Waals surface area contributed by atoms with Gasteiger partial charge in [0.15, 0.2) is 12.6 Å². The summed E-state index contributed by atoms with van der Waals surface area (Å²) in [6.45, 7) is 18.3. The van der Waals surface area contributed by atoms with Crippen molar-refractivity contribution in [2.75, 3.05) is 34.8 Å². The molecule has 15 nitrogen and oxygen atoms in total. The number of rotatable bonds is 9. The maximum atomic E-state index is 14.3. The molecule has 3 aliphatic rings. The Bertz CT molecular complexity index is 1210. The van der Waals surface area contributed by atoms with Crippen molar-refractivity contribution in [1.82, 2.24) is 9.80 Å². The molecular formula is C39H72N2O13. The van der Waals surface area contributed by atoms with Crippen LogP contribution in [0.2, 0.25) is 0 Å². The lowest BCUT2D eigenvalue weighted by atomic mass is 9.77. The molecule has 0 aromatic heterocycles. The Labute approximate surface area is 322 Å². The van der Waals surface area contributed by atoms with Crippen LogP contribution in [-0.2, 0) is 42.7 Å². The zero-order chi connectivity index (χ0) is 41.1. The molecule has 0 aromatic carbocycles. The number of cyclic esters (lactones) is 1. The quantitative estimate of drug-likeness (QED) is 0.197. The van der Waals surface area contributed by atoms with Crippen molar-refractivity contribution in [2.24, 2.45) is 17.8 Å². The van der Waals surface area contributed by atoms with E-state index in [-0.39, 0.29) is 43.8 Å². The third-order valence-electron chi connectivity index (χ3n) is 12.4. The molecule has 0 saturated carbocycles. The minimum absolute atomic E-state index is 0.118.